The van der Waals surface area contributed by atoms with Crippen molar-refractivity contribution in [3.05, 3.63) is 64.7 Å². The maximum atomic E-state index is 12.3. The van der Waals surface area contributed by atoms with Gasteiger partial charge in [0.25, 0.3) is 5.91 Å². The van der Waals surface area contributed by atoms with Crippen LogP contribution in [0.1, 0.15) is 35.7 Å². The number of benzene rings is 2. The van der Waals surface area contributed by atoms with Crippen molar-refractivity contribution in [2.24, 2.45) is 5.14 Å². The van der Waals surface area contributed by atoms with E-state index in [1.807, 2.05) is 37.3 Å². The van der Waals surface area contributed by atoms with Gasteiger partial charge < -0.3 is 10.1 Å². The number of carbonyl (C=O) groups is 2. The fraction of sp³-hybridized carbons (Fsp3) is 0.263. The van der Waals surface area contributed by atoms with Crippen molar-refractivity contribution in [2.45, 2.75) is 30.8 Å². The lowest BCUT2D eigenvalue weighted by Gasteiger charge is -2.17. The van der Waals surface area contributed by atoms with E-state index < -0.39 is 28.0 Å². The number of nitrogens with one attached hydrogen (secondary N) is 1. The zero-order chi connectivity index (χ0) is 20.9. The summed E-state index contributed by atoms with van der Waals surface area (Å²) in [7, 11) is -4.01. The molecule has 0 aliphatic heterocycles. The number of hydrogen-bond acceptors (Lipinski definition) is 5. The average Bonchev–Trinajstić information content (AvgIpc) is 2.65. The van der Waals surface area contributed by atoms with Gasteiger partial charge in [-0.05, 0) is 36.6 Å². The van der Waals surface area contributed by atoms with E-state index in [1.54, 1.807) is 0 Å². The van der Waals surface area contributed by atoms with Crippen LogP contribution in [-0.4, -0.2) is 32.9 Å². The van der Waals surface area contributed by atoms with E-state index in [9.17, 15) is 18.0 Å². The molecule has 0 heterocycles. The van der Waals surface area contributed by atoms with Crippen molar-refractivity contribution in [1.82, 2.24) is 5.32 Å². The topological polar surface area (TPSA) is 116 Å². The van der Waals surface area contributed by atoms with Crippen LogP contribution < -0.4 is 10.5 Å². The Balaban J connectivity index is 1.99. The monoisotopic (exact) mass is 424 g/mol. The molecule has 28 heavy (non-hydrogen) atoms. The Labute approximate surface area is 168 Å². The second-order valence-corrected chi connectivity index (χ2v) is 8.26. The third-order valence-corrected chi connectivity index (χ3v) is 5.33. The summed E-state index contributed by atoms with van der Waals surface area (Å²) in [4.78, 5) is 24.2. The number of esters is 1. The fourth-order valence-corrected chi connectivity index (χ4v) is 3.15. The molecule has 0 fully saturated rings. The first-order valence-corrected chi connectivity index (χ1v) is 10.4. The summed E-state index contributed by atoms with van der Waals surface area (Å²) in [5.41, 5.74) is 0.879. The SMILES string of the molecule is CC(OC(=O)c1cc(S(N)(=O)=O)ccc1Cl)C(=O)NCC(C)c1ccccc1. The molecule has 0 aromatic heterocycles. The van der Waals surface area contributed by atoms with Crippen LogP contribution in [0.5, 0.6) is 0 Å². The number of rotatable bonds is 7. The molecule has 0 aliphatic carbocycles. The van der Waals surface area contributed by atoms with Crippen molar-refractivity contribution in [3.63, 3.8) is 0 Å². The van der Waals surface area contributed by atoms with Crippen molar-refractivity contribution in [1.29, 1.82) is 0 Å². The molecular formula is C19H21ClN2O5S. The van der Waals surface area contributed by atoms with E-state index in [2.05, 4.69) is 5.32 Å². The van der Waals surface area contributed by atoms with Gasteiger partial charge >= 0.3 is 5.97 Å². The van der Waals surface area contributed by atoms with Crippen molar-refractivity contribution in [2.75, 3.05) is 6.54 Å². The highest BCUT2D eigenvalue weighted by atomic mass is 35.5. The molecule has 150 valence electrons. The molecule has 2 rings (SSSR count). The molecule has 0 aliphatic rings. The van der Waals surface area contributed by atoms with Gasteiger partial charge in [0.2, 0.25) is 10.0 Å². The maximum Gasteiger partial charge on any atom is 0.340 e. The lowest BCUT2D eigenvalue weighted by atomic mass is 10.0. The van der Waals surface area contributed by atoms with Crippen LogP contribution in [0.15, 0.2) is 53.4 Å². The van der Waals surface area contributed by atoms with E-state index in [0.29, 0.717) is 6.54 Å². The highest BCUT2D eigenvalue weighted by Crippen LogP contribution is 2.21. The largest absolute Gasteiger partial charge is 0.449 e. The number of nitrogens with two attached hydrogens (primary N) is 1. The minimum Gasteiger partial charge on any atom is -0.449 e. The third-order valence-electron chi connectivity index (χ3n) is 4.09. The summed E-state index contributed by atoms with van der Waals surface area (Å²) < 4.78 is 28.0. The van der Waals surface area contributed by atoms with Crippen LogP contribution in [0.3, 0.4) is 0 Å². The summed E-state index contributed by atoms with van der Waals surface area (Å²) in [5.74, 6) is -1.32. The molecule has 3 N–H and O–H groups in total. The molecule has 2 atom stereocenters. The van der Waals surface area contributed by atoms with Crippen LogP contribution in [0.4, 0.5) is 0 Å². The highest BCUT2D eigenvalue weighted by molar-refractivity contribution is 7.89. The van der Waals surface area contributed by atoms with Crippen LogP contribution >= 0.6 is 11.6 Å². The van der Waals surface area contributed by atoms with Gasteiger partial charge in [0, 0.05) is 6.54 Å². The second-order valence-electron chi connectivity index (χ2n) is 6.29. The lowest BCUT2D eigenvalue weighted by Crippen LogP contribution is -2.37. The number of sulfonamides is 1. The molecular weight excluding hydrogens is 404 g/mol. The van der Waals surface area contributed by atoms with E-state index in [1.165, 1.54) is 19.1 Å². The van der Waals surface area contributed by atoms with Crippen LogP contribution in [-0.2, 0) is 19.6 Å². The molecule has 2 aromatic carbocycles. The maximum absolute atomic E-state index is 12.3. The minimum atomic E-state index is -4.01. The van der Waals surface area contributed by atoms with Crippen molar-refractivity contribution >= 4 is 33.5 Å². The molecule has 0 spiro atoms. The third kappa shape index (κ3) is 5.79. The summed E-state index contributed by atoms with van der Waals surface area (Å²) in [6, 6.07) is 13.1. The smallest absolute Gasteiger partial charge is 0.340 e. The Bertz CT molecular complexity index is 964. The fourth-order valence-electron chi connectivity index (χ4n) is 2.41. The summed E-state index contributed by atoms with van der Waals surface area (Å²) in [6.07, 6.45) is -1.09. The first-order valence-electron chi connectivity index (χ1n) is 8.45. The Morgan fingerprint density at radius 1 is 1.14 bits per heavy atom. The first-order chi connectivity index (χ1) is 13.1. The van der Waals surface area contributed by atoms with Crippen molar-refractivity contribution in [3.8, 4) is 0 Å². The molecule has 0 saturated carbocycles. The van der Waals surface area contributed by atoms with Crippen LogP contribution in [0.25, 0.3) is 0 Å². The van der Waals surface area contributed by atoms with Gasteiger partial charge in [-0.25, -0.2) is 18.4 Å². The number of ether oxygens (including phenoxy) is 1. The standard InChI is InChI=1S/C19H21ClN2O5S/c1-12(14-6-4-3-5-7-14)11-22-18(23)13(2)27-19(24)16-10-15(28(21,25)26)8-9-17(16)20/h3-10,12-13H,11H2,1-2H3,(H,22,23)(H2,21,25,26). The molecule has 0 radical (unpaired) electrons. The first kappa shape index (κ1) is 21.9. The quantitative estimate of drug-likeness (QED) is 0.662. The Morgan fingerprint density at radius 2 is 1.79 bits per heavy atom. The van der Waals surface area contributed by atoms with Gasteiger partial charge in [-0.2, -0.15) is 0 Å². The van der Waals surface area contributed by atoms with Crippen LogP contribution in [0.2, 0.25) is 5.02 Å². The average molecular weight is 425 g/mol. The van der Waals surface area contributed by atoms with Gasteiger partial charge in [-0.1, -0.05) is 48.9 Å². The Morgan fingerprint density at radius 3 is 2.39 bits per heavy atom. The van der Waals surface area contributed by atoms with Gasteiger partial charge in [0.15, 0.2) is 6.10 Å². The van der Waals surface area contributed by atoms with E-state index in [-0.39, 0.29) is 21.4 Å². The Hall–Kier alpha value is -2.42. The van der Waals surface area contributed by atoms with Gasteiger partial charge in [0.05, 0.1) is 15.5 Å². The van der Waals surface area contributed by atoms with Crippen molar-refractivity contribution < 1.29 is 22.7 Å². The normalized spacial score (nSPS) is 13.4. The molecule has 2 aromatic rings. The number of carbonyl (C=O) groups excluding carboxylic acids is 2. The molecule has 0 saturated heterocycles. The minimum absolute atomic E-state index is 0.0114. The molecule has 1 amide bonds. The highest BCUT2D eigenvalue weighted by Gasteiger charge is 2.22. The molecule has 9 heteroatoms. The van der Waals surface area contributed by atoms with Crippen LogP contribution in [0, 0.1) is 0 Å². The number of amides is 1. The number of halogens is 1. The zero-order valence-corrected chi connectivity index (χ0v) is 17.0. The van der Waals surface area contributed by atoms with E-state index in [0.717, 1.165) is 11.6 Å². The molecule has 0 bridgehead atoms. The second kappa shape index (κ2) is 9.18. The lowest BCUT2D eigenvalue weighted by molar-refractivity contribution is -0.129. The zero-order valence-electron chi connectivity index (χ0n) is 15.4. The number of hydrogen-bond donors (Lipinski definition) is 2. The van der Waals surface area contributed by atoms with Gasteiger partial charge in [0.1, 0.15) is 0 Å². The Kier molecular flexibility index (Phi) is 7.17. The summed E-state index contributed by atoms with van der Waals surface area (Å²) >= 11 is 5.94. The predicted molar refractivity (Wildman–Crippen MR) is 106 cm³/mol. The number of primary sulfonamides is 1. The predicted octanol–water partition coefficient (Wildman–Crippen LogP) is 2.45. The molecule has 7 nitrogen and oxygen atoms in total. The van der Waals surface area contributed by atoms with Gasteiger partial charge in [-0.3, -0.25) is 4.79 Å². The van der Waals surface area contributed by atoms with E-state index >= 15 is 0 Å². The summed E-state index contributed by atoms with van der Waals surface area (Å²) in [6.45, 7) is 3.75. The molecule has 2 unspecified atom stereocenters. The van der Waals surface area contributed by atoms with E-state index in [4.69, 9.17) is 21.5 Å². The van der Waals surface area contributed by atoms with Gasteiger partial charge in [-0.15, -0.1) is 0 Å². The summed E-state index contributed by atoms with van der Waals surface area (Å²) in [5, 5.41) is 7.77.